The van der Waals surface area contributed by atoms with Gasteiger partial charge in [-0.15, -0.1) is 53.6 Å². The van der Waals surface area contributed by atoms with Crippen LogP contribution in [0, 0.1) is 39.5 Å². The van der Waals surface area contributed by atoms with Crippen molar-refractivity contribution in [1.82, 2.24) is 15.0 Å². The Morgan fingerprint density at radius 1 is 0.786 bits per heavy atom. The van der Waals surface area contributed by atoms with E-state index in [0.717, 1.165) is 0 Å². The Balaban J connectivity index is 0.000000244. The zero-order chi connectivity index (χ0) is 40.1. The summed E-state index contributed by atoms with van der Waals surface area (Å²) in [5.74, 6) is 0. The Morgan fingerprint density at radius 2 is 1.67 bits per heavy atom. The van der Waals surface area contributed by atoms with Gasteiger partial charge >= 0.3 is 0 Å². The van der Waals surface area contributed by atoms with Crippen molar-refractivity contribution in [2.45, 2.75) is 27.4 Å². The van der Waals surface area contributed by atoms with Crippen molar-refractivity contribution < 1.29 is 43.7 Å². The predicted octanol–water partition coefficient (Wildman–Crippen LogP) is 9.29. The molecular weight excluding hydrogens is 695 g/mol. The number of fused-ring (bicyclic) bond motifs is 3. The van der Waals surface area contributed by atoms with Crippen molar-refractivity contribution in [3.05, 3.63) is 138 Å². The number of furan rings is 1. The number of hydrogen-bond acceptors (Lipinski definition) is 4. The molecule has 0 fully saturated rings. The monoisotopic (exact) mass is 738 g/mol. The molecule has 0 atom stereocenters. The van der Waals surface area contributed by atoms with Gasteiger partial charge < -0.3 is 14.4 Å². The summed E-state index contributed by atoms with van der Waals surface area (Å²) in [6, 6.07) is 28.2. The van der Waals surface area contributed by atoms with Crippen molar-refractivity contribution in [3.8, 4) is 33.6 Å². The quantitative estimate of drug-likeness (QED) is 0.170. The van der Waals surface area contributed by atoms with Gasteiger partial charge in [-0.05, 0) is 66.3 Å². The number of hydrogen-bond donors (Lipinski definition) is 0. The van der Waals surface area contributed by atoms with Gasteiger partial charge in [0.05, 0.1) is 8.32 Å². The molecule has 3 aromatic carbocycles. The molecule has 209 valence electrons. The molecular formula is C37H29IrN3O-2. The molecule has 0 saturated heterocycles. The first-order chi connectivity index (χ1) is 25.6. The Kier molecular flexibility index (Phi) is 4.88. The van der Waals surface area contributed by atoms with Crippen LogP contribution in [0.1, 0.15) is 41.6 Å². The minimum absolute atomic E-state index is 0. The van der Waals surface area contributed by atoms with Gasteiger partial charge in [0.1, 0.15) is 0 Å². The van der Waals surface area contributed by atoms with Crippen LogP contribution in [0.5, 0.6) is 0 Å². The smallest absolute Gasteiger partial charge is 0.216 e. The van der Waals surface area contributed by atoms with Gasteiger partial charge in [-0.1, -0.05) is 66.3 Å². The summed E-state index contributed by atoms with van der Waals surface area (Å²) in [5.41, 5.74) is 2.34. The van der Waals surface area contributed by atoms with Gasteiger partial charge in [0.25, 0.3) is 0 Å². The van der Waals surface area contributed by atoms with Gasteiger partial charge in [0, 0.05) is 60.0 Å². The summed E-state index contributed by atoms with van der Waals surface area (Å²) in [6.45, 7) is -9.41. The van der Waals surface area contributed by atoms with E-state index >= 15 is 0 Å². The van der Waals surface area contributed by atoms with E-state index in [4.69, 9.17) is 23.6 Å². The number of benzene rings is 3. The van der Waals surface area contributed by atoms with Crippen LogP contribution < -0.4 is 0 Å². The molecule has 7 aromatic rings. The number of nitrogens with zero attached hydrogens (tertiary/aromatic N) is 3. The second kappa shape index (κ2) is 12.6. The van der Waals surface area contributed by atoms with Crippen LogP contribution in [-0.2, 0) is 20.1 Å². The van der Waals surface area contributed by atoms with Crippen LogP contribution in [0.3, 0.4) is 0 Å². The van der Waals surface area contributed by atoms with Crippen molar-refractivity contribution in [2.75, 3.05) is 0 Å². The number of aryl methyl sites for hydroxylation is 3. The van der Waals surface area contributed by atoms with E-state index in [1.165, 1.54) is 30.5 Å². The molecule has 0 aliphatic rings. The van der Waals surface area contributed by atoms with Crippen molar-refractivity contribution >= 4 is 22.1 Å². The second-order valence-electron chi connectivity index (χ2n) is 8.98. The standard InChI is InChI=1S/C24H17N2O.C13H12N.Ir/c1-15-14-25-22(13-21(15)17-7-4-3-5-8-17)20-10-6-9-18-19-12-11-16(2)26-24(19)27-23(18)20;1-10-3-6-12(7-4-10)13-8-5-11(2)9-14-13;/h3-9,11-14H,1-2H3;3-6,8-9H,1-2H3;/q2*-1;/i1D3,2D3,13D,14D;1D3,2D3;. The summed E-state index contributed by atoms with van der Waals surface area (Å²) in [4.78, 5) is 12.4. The molecule has 42 heavy (non-hydrogen) atoms. The Bertz CT molecular complexity index is 2440. The molecule has 4 heterocycles. The molecule has 1 radical (unpaired) electrons. The van der Waals surface area contributed by atoms with E-state index in [9.17, 15) is 0 Å². The van der Waals surface area contributed by atoms with Gasteiger partial charge in [-0.3, -0.25) is 0 Å². The van der Waals surface area contributed by atoms with Crippen LogP contribution in [0.15, 0.2) is 108 Å². The van der Waals surface area contributed by atoms with Gasteiger partial charge in [0.2, 0.25) is 5.71 Å². The predicted molar refractivity (Wildman–Crippen MR) is 166 cm³/mol. The number of rotatable bonds is 3. The topological polar surface area (TPSA) is 51.8 Å². The molecule has 0 aliphatic carbocycles. The first kappa shape index (κ1) is 16.3. The van der Waals surface area contributed by atoms with Crippen molar-refractivity contribution in [1.29, 1.82) is 0 Å². The fourth-order valence-corrected chi connectivity index (χ4v) is 4.25. The number of pyridine rings is 3. The van der Waals surface area contributed by atoms with E-state index in [2.05, 4.69) is 27.1 Å². The Labute approximate surface area is 279 Å². The van der Waals surface area contributed by atoms with Gasteiger partial charge in [-0.25, -0.2) is 4.98 Å². The molecule has 0 unspecified atom stereocenters. The van der Waals surface area contributed by atoms with E-state index in [1.54, 1.807) is 60.7 Å². The van der Waals surface area contributed by atoms with Crippen LogP contribution in [0.25, 0.3) is 55.7 Å². The maximum absolute atomic E-state index is 8.92. The van der Waals surface area contributed by atoms with Crippen molar-refractivity contribution in [3.63, 3.8) is 0 Å². The van der Waals surface area contributed by atoms with E-state index in [1.807, 2.05) is 0 Å². The Morgan fingerprint density at radius 3 is 2.40 bits per heavy atom. The van der Waals surface area contributed by atoms with Gasteiger partial charge in [-0.2, -0.15) is 0 Å². The van der Waals surface area contributed by atoms with E-state index in [0.29, 0.717) is 27.6 Å². The van der Waals surface area contributed by atoms with Gasteiger partial charge in [0.15, 0.2) is 0 Å². The SMILES string of the molecule is [2H]C([2H])([2H])c1c[c-]c(-c2ccc(C([2H])([2H])[2H])cn2)cc1.[2H]c1nc(-c2[c-]ccc3c2oc2nc(C([2H])([2H])[2H])ccc23)c([2H])c(-c2ccccc2)c1C([2H])([2H])[2H].[Ir]. The summed E-state index contributed by atoms with van der Waals surface area (Å²) in [6.07, 6.45) is 0.826. The maximum Gasteiger partial charge on any atom is 0.216 e. The second-order valence-corrected chi connectivity index (χ2v) is 8.98. The maximum atomic E-state index is 8.92. The molecule has 0 spiro atoms. The molecule has 0 amide bonds. The summed E-state index contributed by atoms with van der Waals surface area (Å²) >= 11 is 0. The molecule has 0 aliphatic heterocycles. The summed E-state index contributed by atoms with van der Waals surface area (Å²) in [5, 5.41) is 1.18. The van der Waals surface area contributed by atoms with E-state index in [-0.39, 0.29) is 76.6 Å². The summed E-state index contributed by atoms with van der Waals surface area (Å²) < 4.78 is 114. The van der Waals surface area contributed by atoms with Crippen LogP contribution in [0.2, 0.25) is 0 Å². The molecule has 4 nitrogen and oxygen atoms in total. The minimum Gasteiger partial charge on any atom is -0.486 e. The first-order valence-corrected chi connectivity index (χ1v) is 12.5. The largest absolute Gasteiger partial charge is 0.486 e. The zero-order valence-corrected chi connectivity index (χ0v) is 24.1. The van der Waals surface area contributed by atoms with Crippen LogP contribution >= 0.6 is 0 Å². The molecule has 4 aromatic heterocycles. The number of aromatic nitrogens is 3. The fourth-order valence-electron chi connectivity index (χ4n) is 4.25. The summed E-state index contributed by atoms with van der Waals surface area (Å²) in [7, 11) is 0. The van der Waals surface area contributed by atoms with Crippen LogP contribution in [-0.4, -0.2) is 15.0 Å². The third kappa shape index (κ3) is 6.08. The normalized spacial score (nSPS) is 16.8. The average molecular weight is 738 g/mol. The molecule has 0 bridgehead atoms. The molecule has 5 heteroatoms. The molecule has 0 saturated carbocycles. The molecule has 0 N–H and O–H groups in total. The van der Waals surface area contributed by atoms with Crippen molar-refractivity contribution in [2.24, 2.45) is 0 Å². The fraction of sp³-hybridized carbons (Fsp3) is 0.108. The van der Waals surface area contributed by atoms with E-state index < -0.39 is 33.6 Å². The zero-order valence-electron chi connectivity index (χ0n) is 35.7. The minimum atomic E-state index is -2.66. The third-order valence-electron chi connectivity index (χ3n) is 6.22. The third-order valence-corrected chi connectivity index (χ3v) is 6.22. The Hall–Kier alpha value is -4.44. The first-order valence-electron chi connectivity index (χ1n) is 19.5. The van der Waals surface area contributed by atoms with Crippen LogP contribution in [0.4, 0.5) is 0 Å². The average Bonchev–Trinajstić information content (AvgIpc) is 3.50. The molecule has 7 rings (SSSR count).